The first-order valence-corrected chi connectivity index (χ1v) is 8.87. The molecule has 2 aromatic rings. The molecule has 26 heavy (non-hydrogen) atoms. The predicted molar refractivity (Wildman–Crippen MR) is 103 cm³/mol. The van der Waals surface area contributed by atoms with E-state index in [0.717, 1.165) is 28.5 Å². The van der Waals surface area contributed by atoms with E-state index in [9.17, 15) is 9.18 Å². The fraction of sp³-hybridized carbons (Fsp3) is 0.318. The van der Waals surface area contributed by atoms with Crippen LogP contribution >= 0.6 is 0 Å². The van der Waals surface area contributed by atoms with E-state index in [4.69, 9.17) is 9.47 Å². The number of aldehydes is 1. The van der Waals surface area contributed by atoms with Crippen LogP contribution in [0.5, 0.6) is 11.5 Å². The van der Waals surface area contributed by atoms with Crippen molar-refractivity contribution in [2.24, 2.45) is 0 Å². The van der Waals surface area contributed by atoms with Crippen LogP contribution in [-0.4, -0.2) is 19.5 Å². The van der Waals surface area contributed by atoms with E-state index in [2.05, 4.69) is 13.8 Å². The van der Waals surface area contributed by atoms with E-state index in [-0.39, 0.29) is 11.7 Å². The van der Waals surface area contributed by atoms with Gasteiger partial charge in [0.2, 0.25) is 0 Å². The third-order valence-electron chi connectivity index (χ3n) is 4.00. The first kappa shape index (κ1) is 19.7. The van der Waals surface area contributed by atoms with Crippen LogP contribution in [0.4, 0.5) is 4.39 Å². The molecule has 3 nitrogen and oxygen atoms in total. The Bertz CT molecular complexity index is 777. The lowest BCUT2D eigenvalue weighted by Crippen LogP contribution is -2.05. The maximum absolute atomic E-state index is 13.4. The van der Waals surface area contributed by atoms with Gasteiger partial charge in [0.1, 0.15) is 12.1 Å². The van der Waals surface area contributed by atoms with Gasteiger partial charge in [-0.1, -0.05) is 32.1 Å². The average Bonchev–Trinajstić information content (AvgIpc) is 2.62. The Morgan fingerprint density at radius 2 is 1.73 bits per heavy atom. The van der Waals surface area contributed by atoms with Gasteiger partial charge in [-0.05, 0) is 60.7 Å². The molecule has 0 bridgehead atoms. The molecule has 0 aromatic heterocycles. The summed E-state index contributed by atoms with van der Waals surface area (Å²) in [5, 5.41) is 0. The van der Waals surface area contributed by atoms with Crippen molar-refractivity contribution in [3.05, 3.63) is 53.4 Å². The van der Waals surface area contributed by atoms with Crippen molar-refractivity contribution in [3.8, 4) is 22.6 Å². The summed E-state index contributed by atoms with van der Waals surface area (Å²) in [5.41, 5.74) is 3.53. The molecule has 2 aromatic carbocycles. The number of carbonyl (C=O) groups is 1. The molecule has 0 amide bonds. The van der Waals surface area contributed by atoms with Gasteiger partial charge in [-0.3, -0.25) is 4.79 Å². The van der Waals surface area contributed by atoms with E-state index < -0.39 is 0 Å². The normalized spacial score (nSPS) is 11.2. The molecule has 138 valence electrons. The number of ether oxygens (including phenoxy) is 2. The summed E-state index contributed by atoms with van der Waals surface area (Å²) in [6.45, 7) is 8.95. The lowest BCUT2D eigenvalue weighted by Gasteiger charge is -2.22. The predicted octanol–water partition coefficient (Wildman–Crippen LogP) is 5.63. The van der Waals surface area contributed by atoms with Crippen LogP contribution in [0.1, 0.15) is 44.7 Å². The summed E-state index contributed by atoms with van der Waals surface area (Å²) >= 11 is 0. The molecule has 4 heteroatoms. The summed E-state index contributed by atoms with van der Waals surface area (Å²) in [5.74, 6) is 1.16. The SMILES string of the molecule is CCOc1cc(C(C)C)c(C=CC=O)c(-c2ccc(F)cc2)c1OCC. The minimum absolute atomic E-state index is 0.204. The van der Waals surface area contributed by atoms with Crippen LogP contribution in [0.2, 0.25) is 0 Å². The zero-order chi connectivity index (χ0) is 19.1. The number of carbonyl (C=O) groups excluding carboxylic acids is 1. The molecule has 0 spiro atoms. The highest BCUT2D eigenvalue weighted by Crippen LogP contribution is 2.45. The number of rotatable bonds is 8. The monoisotopic (exact) mass is 356 g/mol. The van der Waals surface area contributed by atoms with Crippen molar-refractivity contribution in [2.45, 2.75) is 33.6 Å². The van der Waals surface area contributed by atoms with Crippen LogP contribution in [0, 0.1) is 5.82 Å². The molecule has 0 N–H and O–H groups in total. The molecule has 0 aliphatic rings. The van der Waals surface area contributed by atoms with E-state index in [1.165, 1.54) is 18.2 Å². The highest BCUT2D eigenvalue weighted by molar-refractivity contribution is 5.87. The standard InChI is InChI=1S/C22H25FO3/c1-5-25-20-14-19(15(3)4)18(8-7-13-24)21(22(20)26-6-2)16-9-11-17(23)12-10-16/h7-15H,5-6H2,1-4H3. The van der Waals surface area contributed by atoms with Crippen LogP contribution in [0.15, 0.2) is 36.4 Å². The van der Waals surface area contributed by atoms with Gasteiger partial charge in [0.05, 0.1) is 13.2 Å². The molecule has 0 saturated heterocycles. The van der Waals surface area contributed by atoms with Gasteiger partial charge in [0.25, 0.3) is 0 Å². The second-order valence-electron chi connectivity index (χ2n) is 6.10. The summed E-state index contributed by atoms with van der Waals surface area (Å²) in [4.78, 5) is 10.9. The van der Waals surface area contributed by atoms with Gasteiger partial charge in [-0.15, -0.1) is 0 Å². The highest BCUT2D eigenvalue weighted by atomic mass is 19.1. The Labute approximate surface area is 154 Å². The summed E-state index contributed by atoms with van der Waals surface area (Å²) in [7, 11) is 0. The molecule has 0 unspecified atom stereocenters. The Morgan fingerprint density at radius 3 is 2.27 bits per heavy atom. The topological polar surface area (TPSA) is 35.5 Å². The number of halogens is 1. The number of benzene rings is 2. The molecule has 0 aliphatic heterocycles. The molecule has 0 saturated carbocycles. The lowest BCUT2D eigenvalue weighted by atomic mass is 9.88. The molecule has 0 atom stereocenters. The minimum Gasteiger partial charge on any atom is -0.490 e. The van der Waals surface area contributed by atoms with Crippen molar-refractivity contribution in [2.75, 3.05) is 13.2 Å². The third kappa shape index (κ3) is 4.31. The number of allylic oxidation sites excluding steroid dienone is 1. The Balaban J connectivity index is 2.89. The zero-order valence-corrected chi connectivity index (χ0v) is 15.7. The number of hydrogen-bond donors (Lipinski definition) is 0. The molecular formula is C22H25FO3. The van der Waals surface area contributed by atoms with E-state index in [0.29, 0.717) is 24.7 Å². The second-order valence-corrected chi connectivity index (χ2v) is 6.10. The molecule has 0 fully saturated rings. The van der Waals surface area contributed by atoms with E-state index in [1.807, 2.05) is 19.9 Å². The summed E-state index contributed by atoms with van der Waals surface area (Å²) in [6, 6.07) is 8.23. The Hall–Kier alpha value is -2.62. The lowest BCUT2D eigenvalue weighted by molar-refractivity contribution is -0.104. The fourth-order valence-electron chi connectivity index (χ4n) is 2.92. The van der Waals surface area contributed by atoms with Gasteiger partial charge in [-0.2, -0.15) is 0 Å². The van der Waals surface area contributed by atoms with Gasteiger partial charge in [-0.25, -0.2) is 4.39 Å². The first-order valence-electron chi connectivity index (χ1n) is 8.87. The molecule has 0 heterocycles. The van der Waals surface area contributed by atoms with Crippen molar-refractivity contribution >= 4 is 12.4 Å². The maximum atomic E-state index is 13.4. The molecule has 0 aliphatic carbocycles. The number of hydrogen-bond acceptors (Lipinski definition) is 3. The van der Waals surface area contributed by atoms with Crippen LogP contribution in [0.3, 0.4) is 0 Å². The minimum atomic E-state index is -0.304. The van der Waals surface area contributed by atoms with Crippen LogP contribution in [-0.2, 0) is 4.79 Å². The summed E-state index contributed by atoms with van der Waals surface area (Å²) < 4.78 is 25.2. The van der Waals surface area contributed by atoms with Crippen LogP contribution < -0.4 is 9.47 Å². The zero-order valence-electron chi connectivity index (χ0n) is 15.7. The highest BCUT2D eigenvalue weighted by Gasteiger charge is 2.21. The summed E-state index contributed by atoms with van der Waals surface area (Å²) in [6.07, 6.45) is 3.99. The molecule has 0 radical (unpaired) electrons. The first-order chi connectivity index (χ1) is 12.5. The average molecular weight is 356 g/mol. The quantitative estimate of drug-likeness (QED) is 0.454. The van der Waals surface area contributed by atoms with Crippen molar-refractivity contribution in [3.63, 3.8) is 0 Å². The van der Waals surface area contributed by atoms with E-state index in [1.54, 1.807) is 18.2 Å². The van der Waals surface area contributed by atoms with Gasteiger partial charge in [0, 0.05) is 5.56 Å². The van der Waals surface area contributed by atoms with Crippen molar-refractivity contribution in [1.29, 1.82) is 0 Å². The fourth-order valence-corrected chi connectivity index (χ4v) is 2.92. The van der Waals surface area contributed by atoms with Crippen molar-refractivity contribution in [1.82, 2.24) is 0 Å². The van der Waals surface area contributed by atoms with Gasteiger partial charge in [0.15, 0.2) is 11.5 Å². The third-order valence-corrected chi connectivity index (χ3v) is 4.00. The van der Waals surface area contributed by atoms with Gasteiger partial charge >= 0.3 is 0 Å². The Kier molecular flexibility index (Phi) is 6.96. The van der Waals surface area contributed by atoms with Crippen molar-refractivity contribution < 1.29 is 18.7 Å². The van der Waals surface area contributed by atoms with Gasteiger partial charge < -0.3 is 9.47 Å². The smallest absolute Gasteiger partial charge is 0.169 e. The second kappa shape index (κ2) is 9.18. The molecule has 2 rings (SSSR count). The van der Waals surface area contributed by atoms with Crippen LogP contribution in [0.25, 0.3) is 17.2 Å². The van der Waals surface area contributed by atoms with E-state index >= 15 is 0 Å². The largest absolute Gasteiger partial charge is 0.490 e. The molecular weight excluding hydrogens is 331 g/mol. The maximum Gasteiger partial charge on any atom is 0.169 e. The Morgan fingerprint density at radius 1 is 1.08 bits per heavy atom.